The summed E-state index contributed by atoms with van der Waals surface area (Å²) in [6.45, 7) is 3.76. The van der Waals surface area contributed by atoms with Gasteiger partial charge >= 0.3 is 0 Å². The maximum absolute atomic E-state index is 12.6. The normalized spacial score (nSPS) is 14.0. The number of benzene rings is 2. The van der Waals surface area contributed by atoms with Crippen LogP contribution >= 0.6 is 23.4 Å². The van der Waals surface area contributed by atoms with Gasteiger partial charge in [-0.1, -0.05) is 35.5 Å². The first-order chi connectivity index (χ1) is 15.3. The van der Waals surface area contributed by atoms with Gasteiger partial charge < -0.3 is 14.6 Å². The second-order valence-corrected chi connectivity index (χ2v) is 8.77. The molecule has 10 heteroatoms. The molecule has 1 aromatic heterocycles. The van der Waals surface area contributed by atoms with E-state index in [2.05, 4.69) is 15.5 Å². The van der Waals surface area contributed by atoms with E-state index in [1.165, 1.54) is 11.8 Å². The molecule has 0 unspecified atom stereocenters. The number of aromatic nitrogens is 3. The Bertz CT molecular complexity index is 1180. The zero-order chi connectivity index (χ0) is 22.8. The summed E-state index contributed by atoms with van der Waals surface area (Å²) in [6, 6.07) is 12.4. The fourth-order valence-corrected chi connectivity index (χ4v) is 4.51. The van der Waals surface area contributed by atoms with Crippen LogP contribution in [-0.2, 0) is 16.6 Å². The van der Waals surface area contributed by atoms with Crippen molar-refractivity contribution >= 4 is 46.6 Å². The molecular formula is C22H22ClN5O3S. The van der Waals surface area contributed by atoms with E-state index < -0.39 is 0 Å². The molecule has 0 spiro atoms. The van der Waals surface area contributed by atoms with Crippen LogP contribution in [0.4, 0.5) is 11.4 Å². The van der Waals surface area contributed by atoms with E-state index in [1.54, 1.807) is 23.1 Å². The number of rotatable bonds is 6. The summed E-state index contributed by atoms with van der Waals surface area (Å²) >= 11 is 7.24. The second kappa shape index (κ2) is 9.22. The first kappa shape index (κ1) is 22.2. The van der Waals surface area contributed by atoms with Crippen molar-refractivity contribution in [2.24, 2.45) is 7.05 Å². The third-order valence-electron chi connectivity index (χ3n) is 5.17. The van der Waals surface area contributed by atoms with E-state index in [9.17, 15) is 9.59 Å². The first-order valence-corrected chi connectivity index (χ1v) is 11.3. The molecule has 0 aliphatic carbocycles. The molecule has 3 aromatic rings. The van der Waals surface area contributed by atoms with Crippen LogP contribution in [0.1, 0.15) is 24.4 Å². The molecule has 1 aliphatic rings. The fraction of sp³-hybridized carbons (Fsp3) is 0.273. The number of hydrogen-bond donors (Lipinski definition) is 1. The Morgan fingerprint density at radius 1 is 1.28 bits per heavy atom. The van der Waals surface area contributed by atoms with E-state index in [0.717, 1.165) is 11.3 Å². The summed E-state index contributed by atoms with van der Waals surface area (Å²) < 4.78 is 7.33. The molecule has 0 bridgehead atoms. The number of fused-ring (bicyclic) bond motifs is 1. The largest absolute Gasteiger partial charge is 0.482 e. The third-order valence-corrected chi connectivity index (χ3v) is 6.42. The number of hydrogen-bond acceptors (Lipinski definition) is 6. The van der Waals surface area contributed by atoms with Crippen LogP contribution in [0.25, 0.3) is 0 Å². The van der Waals surface area contributed by atoms with Gasteiger partial charge in [0, 0.05) is 17.8 Å². The molecule has 1 aliphatic heterocycles. The fourth-order valence-electron chi connectivity index (χ4n) is 3.56. The average molecular weight is 472 g/mol. The number of anilines is 2. The van der Waals surface area contributed by atoms with Crippen molar-refractivity contribution in [1.82, 2.24) is 14.8 Å². The van der Waals surface area contributed by atoms with E-state index in [0.29, 0.717) is 27.4 Å². The van der Waals surface area contributed by atoms with Crippen LogP contribution in [0.2, 0.25) is 5.02 Å². The molecule has 166 valence electrons. The van der Waals surface area contributed by atoms with Crippen molar-refractivity contribution in [3.63, 3.8) is 0 Å². The van der Waals surface area contributed by atoms with Crippen LogP contribution in [0.15, 0.2) is 47.6 Å². The summed E-state index contributed by atoms with van der Waals surface area (Å²) in [5, 5.41) is 12.6. The Labute approximate surface area is 194 Å². The highest BCUT2D eigenvalue weighted by molar-refractivity contribution is 7.99. The van der Waals surface area contributed by atoms with E-state index >= 15 is 0 Å². The molecule has 0 saturated carbocycles. The number of para-hydroxylation sites is 2. The van der Waals surface area contributed by atoms with Gasteiger partial charge in [-0.3, -0.25) is 14.5 Å². The minimum atomic E-state index is -0.357. The lowest BCUT2D eigenvalue weighted by Crippen LogP contribution is -2.41. The quantitative estimate of drug-likeness (QED) is 0.547. The highest BCUT2D eigenvalue weighted by Crippen LogP contribution is 2.37. The summed E-state index contributed by atoms with van der Waals surface area (Å²) in [4.78, 5) is 26.7. The number of amides is 2. The van der Waals surface area contributed by atoms with E-state index in [4.69, 9.17) is 16.3 Å². The summed E-state index contributed by atoms with van der Waals surface area (Å²) in [5.74, 6) is 1.14. The van der Waals surface area contributed by atoms with Gasteiger partial charge in [-0.2, -0.15) is 0 Å². The molecule has 2 amide bonds. The molecule has 4 rings (SSSR count). The molecule has 8 nitrogen and oxygen atoms in total. The van der Waals surface area contributed by atoms with E-state index in [-0.39, 0.29) is 30.2 Å². The van der Waals surface area contributed by atoms with Crippen LogP contribution in [0, 0.1) is 6.92 Å². The Hall–Kier alpha value is -3.04. The van der Waals surface area contributed by atoms with Gasteiger partial charge in [-0.15, -0.1) is 10.2 Å². The van der Waals surface area contributed by atoms with E-state index in [1.807, 2.05) is 49.7 Å². The zero-order valence-corrected chi connectivity index (χ0v) is 19.4. The van der Waals surface area contributed by atoms with Gasteiger partial charge in [0.15, 0.2) is 17.6 Å². The van der Waals surface area contributed by atoms with Crippen molar-refractivity contribution in [2.45, 2.75) is 25.0 Å². The lowest BCUT2D eigenvalue weighted by Gasteiger charge is -2.33. The molecule has 1 atom stereocenters. The number of thioether (sulfide) groups is 1. The Morgan fingerprint density at radius 2 is 2.06 bits per heavy atom. The number of halogens is 1. The van der Waals surface area contributed by atoms with Gasteiger partial charge in [-0.05, 0) is 49.7 Å². The molecule has 0 saturated heterocycles. The van der Waals surface area contributed by atoms with Crippen molar-refractivity contribution in [3.8, 4) is 5.75 Å². The lowest BCUT2D eigenvalue weighted by atomic mass is 10.1. The Balaban J connectivity index is 1.45. The Kier molecular flexibility index (Phi) is 6.38. The zero-order valence-electron chi connectivity index (χ0n) is 17.8. The predicted octanol–water partition coefficient (Wildman–Crippen LogP) is 3.99. The topological polar surface area (TPSA) is 89.3 Å². The van der Waals surface area contributed by atoms with Gasteiger partial charge in [0.25, 0.3) is 5.91 Å². The molecule has 2 aromatic carbocycles. The second-order valence-electron chi connectivity index (χ2n) is 7.39. The monoisotopic (exact) mass is 471 g/mol. The van der Waals surface area contributed by atoms with Crippen LogP contribution < -0.4 is 15.0 Å². The number of nitrogens with one attached hydrogen (secondary N) is 1. The number of carbonyl (C=O) groups is 2. The maximum Gasteiger partial charge on any atom is 0.265 e. The SMILES string of the molecule is Cc1cc(Cl)ccc1NC(=O)CSc1nnc([C@H](C)N2C(=O)COc3ccccc32)n1C. The average Bonchev–Trinajstić information content (AvgIpc) is 3.14. The van der Waals surface area contributed by atoms with Gasteiger partial charge in [0.2, 0.25) is 5.91 Å². The third kappa shape index (κ3) is 4.44. The predicted molar refractivity (Wildman–Crippen MR) is 124 cm³/mol. The molecule has 2 heterocycles. The lowest BCUT2D eigenvalue weighted by molar-refractivity contribution is -0.121. The van der Waals surface area contributed by atoms with Crippen molar-refractivity contribution in [1.29, 1.82) is 0 Å². The Morgan fingerprint density at radius 3 is 2.84 bits per heavy atom. The van der Waals surface area contributed by atoms with Gasteiger partial charge in [0.1, 0.15) is 5.75 Å². The van der Waals surface area contributed by atoms with Gasteiger partial charge in [0.05, 0.1) is 17.5 Å². The van der Waals surface area contributed by atoms with Crippen molar-refractivity contribution < 1.29 is 14.3 Å². The highest BCUT2D eigenvalue weighted by atomic mass is 35.5. The van der Waals surface area contributed by atoms with Gasteiger partial charge in [-0.25, -0.2) is 0 Å². The molecule has 0 fully saturated rings. The molecule has 32 heavy (non-hydrogen) atoms. The molecule has 0 radical (unpaired) electrons. The summed E-state index contributed by atoms with van der Waals surface area (Å²) in [7, 11) is 1.83. The standard InChI is InChI=1S/C22H22ClN5O3S/c1-13-10-15(23)8-9-16(13)24-19(29)12-32-22-26-25-21(27(22)3)14(2)28-17-6-4-5-7-18(17)31-11-20(28)30/h4-10,14H,11-12H2,1-3H3,(H,24,29)/t14-/m0/s1. The first-order valence-electron chi connectivity index (χ1n) is 9.97. The molecule has 1 N–H and O–H groups in total. The van der Waals surface area contributed by atoms with Crippen LogP contribution in [0.5, 0.6) is 5.75 Å². The van der Waals surface area contributed by atoms with Crippen molar-refractivity contribution in [3.05, 3.63) is 58.9 Å². The number of carbonyl (C=O) groups excluding carboxylic acids is 2. The summed E-state index contributed by atoms with van der Waals surface area (Å²) in [5.41, 5.74) is 2.31. The minimum Gasteiger partial charge on any atom is -0.482 e. The van der Waals surface area contributed by atoms with Crippen LogP contribution in [-0.4, -0.2) is 38.9 Å². The minimum absolute atomic E-state index is 0.0227. The molecular weight excluding hydrogens is 450 g/mol. The highest BCUT2D eigenvalue weighted by Gasteiger charge is 2.32. The number of ether oxygens (including phenoxy) is 1. The summed E-state index contributed by atoms with van der Waals surface area (Å²) in [6.07, 6.45) is 0. The maximum atomic E-state index is 12.6. The van der Waals surface area contributed by atoms with Crippen molar-refractivity contribution in [2.75, 3.05) is 22.6 Å². The smallest absolute Gasteiger partial charge is 0.265 e. The number of aryl methyl sites for hydroxylation is 1. The van der Waals surface area contributed by atoms with Crippen LogP contribution in [0.3, 0.4) is 0 Å². The number of nitrogens with zero attached hydrogens (tertiary/aromatic N) is 4.